The summed E-state index contributed by atoms with van der Waals surface area (Å²) in [5.74, 6) is -4.26. The number of carbonyl (C=O) groups is 2. The molecule has 1 aromatic carbocycles. The topological polar surface area (TPSA) is 111 Å². The lowest BCUT2D eigenvalue weighted by atomic mass is 9.94. The van der Waals surface area contributed by atoms with Gasteiger partial charge in [0.25, 0.3) is 5.95 Å². The summed E-state index contributed by atoms with van der Waals surface area (Å²) in [5, 5.41) is 27.6. The molecule has 2 atom stereocenters. The van der Waals surface area contributed by atoms with E-state index in [4.69, 9.17) is 21.7 Å². The molecule has 27 heavy (non-hydrogen) atoms. The van der Waals surface area contributed by atoms with Crippen LogP contribution >= 0.6 is 11.6 Å². The van der Waals surface area contributed by atoms with E-state index in [-0.39, 0.29) is 22.7 Å². The molecule has 0 saturated carbocycles. The molecule has 146 valence electrons. The van der Waals surface area contributed by atoms with E-state index in [9.17, 15) is 24.2 Å². The molecular formula is C18H20ClFN2O5. The molecular weight excluding hydrogens is 379 g/mol. The van der Waals surface area contributed by atoms with Gasteiger partial charge in [-0.15, -0.1) is 0 Å². The number of benzene rings is 1. The quantitative estimate of drug-likeness (QED) is 0.300. The second kappa shape index (κ2) is 7.96. The van der Waals surface area contributed by atoms with Gasteiger partial charge in [-0.3, -0.25) is 10.2 Å². The van der Waals surface area contributed by atoms with Crippen LogP contribution in [0.5, 0.6) is 0 Å². The highest BCUT2D eigenvalue weighted by atomic mass is 35.5. The number of ether oxygens (including phenoxy) is 1. The smallest absolute Gasteiger partial charge is 0.346 e. The Bertz CT molecular complexity index is 839. The average Bonchev–Trinajstić information content (AvgIpc) is 2.57. The number of carboxylic acids is 1. The zero-order chi connectivity index (χ0) is 20.5. The molecule has 0 spiro atoms. The minimum atomic E-state index is -1.57. The fraction of sp³-hybridized carbons (Fsp3) is 0.389. The third-order valence-corrected chi connectivity index (χ3v) is 4.70. The summed E-state index contributed by atoms with van der Waals surface area (Å²) in [6.45, 7) is 5.03. The van der Waals surface area contributed by atoms with Gasteiger partial charge in [0.2, 0.25) is 0 Å². The lowest BCUT2D eigenvalue weighted by Crippen LogP contribution is -2.46. The van der Waals surface area contributed by atoms with Gasteiger partial charge in [-0.1, -0.05) is 18.5 Å². The molecule has 2 unspecified atom stereocenters. The Labute approximate surface area is 160 Å². The van der Waals surface area contributed by atoms with Gasteiger partial charge in [-0.25, -0.2) is 9.18 Å². The molecule has 0 aliphatic carbocycles. The molecule has 7 nitrogen and oxygen atoms in total. The second-order valence-electron chi connectivity index (χ2n) is 6.27. The van der Waals surface area contributed by atoms with Crippen LogP contribution in [0.1, 0.15) is 44.0 Å². The Morgan fingerprint density at radius 2 is 2.11 bits per heavy atom. The first-order valence-corrected chi connectivity index (χ1v) is 8.70. The summed E-state index contributed by atoms with van der Waals surface area (Å²) < 4.78 is 18.9. The van der Waals surface area contributed by atoms with Crippen LogP contribution in [-0.2, 0) is 9.53 Å². The van der Waals surface area contributed by atoms with Crippen molar-refractivity contribution < 1.29 is 28.9 Å². The van der Waals surface area contributed by atoms with Crippen molar-refractivity contribution in [2.45, 2.75) is 45.8 Å². The normalized spacial score (nSPS) is 18.5. The van der Waals surface area contributed by atoms with E-state index in [0.717, 1.165) is 6.07 Å². The zero-order valence-corrected chi connectivity index (χ0v) is 15.8. The van der Waals surface area contributed by atoms with Crippen LogP contribution in [-0.4, -0.2) is 39.9 Å². The largest absolute Gasteiger partial charge is 0.480 e. The summed E-state index contributed by atoms with van der Waals surface area (Å²) in [7, 11) is 0. The highest BCUT2D eigenvalue weighted by Gasteiger charge is 2.37. The Kier molecular flexibility index (Phi) is 6.10. The number of aliphatic carboxylic acids is 1. The molecule has 1 aliphatic heterocycles. The SMILES string of the molecule is CCC(C)OC(O)=C(C(=N)N1c2ccc(F)c(Cl)c2C(=O)CC1C)C(=O)O. The summed E-state index contributed by atoms with van der Waals surface area (Å²) in [6.07, 6.45) is -0.0574. The van der Waals surface area contributed by atoms with Crippen LogP contribution in [0.4, 0.5) is 10.1 Å². The lowest BCUT2D eigenvalue weighted by Gasteiger charge is -2.36. The molecule has 1 aliphatic rings. The van der Waals surface area contributed by atoms with Crippen molar-refractivity contribution in [3.8, 4) is 0 Å². The van der Waals surface area contributed by atoms with Crippen LogP contribution in [0, 0.1) is 11.2 Å². The van der Waals surface area contributed by atoms with E-state index in [1.54, 1.807) is 20.8 Å². The Hall–Kier alpha value is -2.61. The minimum absolute atomic E-state index is 0.0988. The van der Waals surface area contributed by atoms with Crippen molar-refractivity contribution in [2.75, 3.05) is 4.90 Å². The molecule has 0 fully saturated rings. The number of halogens is 2. The van der Waals surface area contributed by atoms with E-state index in [0.29, 0.717) is 6.42 Å². The number of nitrogens with one attached hydrogen (secondary N) is 1. The molecule has 9 heteroatoms. The number of hydrogen-bond acceptors (Lipinski definition) is 5. The van der Waals surface area contributed by atoms with Gasteiger partial charge >= 0.3 is 5.97 Å². The maximum absolute atomic E-state index is 13.8. The Balaban J connectivity index is 2.59. The van der Waals surface area contributed by atoms with Crippen molar-refractivity contribution >= 4 is 34.9 Å². The number of aliphatic hydroxyl groups excluding tert-OH is 1. The fourth-order valence-corrected chi connectivity index (χ4v) is 3.06. The van der Waals surface area contributed by atoms with Crippen LogP contribution in [0.15, 0.2) is 23.7 Å². The molecule has 0 bridgehead atoms. The molecule has 0 aromatic heterocycles. The molecule has 1 aromatic rings. The highest BCUT2D eigenvalue weighted by Crippen LogP contribution is 2.37. The summed E-state index contributed by atoms with van der Waals surface area (Å²) >= 11 is 5.92. The van der Waals surface area contributed by atoms with Crippen LogP contribution in [0.3, 0.4) is 0 Å². The number of fused-ring (bicyclic) bond motifs is 1. The Morgan fingerprint density at radius 3 is 2.67 bits per heavy atom. The predicted octanol–water partition coefficient (Wildman–Crippen LogP) is 3.91. The summed E-state index contributed by atoms with van der Waals surface area (Å²) in [5.41, 5.74) is -0.778. The van der Waals surface area contributed by atoms with E-state index in [2.05, 4.69) is 0 Å². The summed E-state index contributed by atoms with van der Waals surface area (Å²) in [6, 6.07) is 1.68. The van der Waals surface area contributed by atoms with Gasteiger partial charge in [0, 0.05) is 12.5 Å². The van der Waals surface area contributed by atoms with Gasteiger partial charge in [0.1, 0.15) is 11.7 Å². The van der Waals surface area contributed by atoms with Gasteiger partial charge in [-0.2, -0.15) is 0 Å². The average molecular weight is 399 g/mol. The number of carboxylic acid groups (broad SMARTS) is 1. The standard InChI is InChI=1S/C18H20ClFN2O5/c1-4-9(3)27-18(26)14(17(24)25)16(21)22-8(2)7-12(23)13-11(22)6-5-10(20)15(13)19/h5-6,8-9,21,26H,4,7H2,1-3H3,(H,24,25). The number of anilines is 1. The number of aliphatic hydroxyl groups is 1. The second-order valence-corrected chi connectivity index (χ2v) is 6.65. The number of Topliss-reactive ketones (excluding diaryl/α,β-unsaturated/α-hetero) is 1. The van der Waals surface area contributed by atoms with Gasteiger partial charge in [-0.05, 0) is 32.4 Å². The summed E-state index contributed by atoms with van der Waals surface area (Å²) in [4.78, 5) is 25.2. The molecule has 0 radical (unpaired) electrons. The molecule has 1 heterocycles. The van der Waals surface area contributed by atoms with E-state index in [1.165, 1.54) is 11.0 Å². The highest BCUT2D eigenvalue weighted by molar-refractivity contribution is 6.36. The first-order valence-electron chi connectivity index (χ1n) is 8.32. The van der Waals surface area contributed by atoms with Gasteiger partial charge in [0.15, 0.2) is 11.4 Å². The number of amidine groups is 1. The third-order valence-electron chi connectivity index (χ3n) is 4.33. The number of hydrogen-bond donors (Lipinski definition) is 3. The fourth-order valence-electron chi connectivity index (χ4n) is 2.79. The monoisotopic (exact) mass is 398 g/mol. The lowest BCUT2D eigenvalue weighted by molar-refractivity contribution is -0.132. The van der Waals surface area contributed by atoms with E-state index in [1.807, 2.05) is 0 Å². The van der Waals surface area contributed by atoms with Crippen LogP contribution in [0.2, 0.25) is 5.02 Å². The number of ketones is 1. The van der Waals surface area contributed by atoms with Crippen molar-refractivity contribution in [3.63, 3.8) is 0 Å². The number of carbonyl (C=O) groups excluding carboxylic acids is 1. The van der Waals surface area contributed by atoms with E-state index < -0.39 is 47.1 Å². The van der Waals surface area contributed by atoms with Crippen LogP contribution in [0.25, 0.3) is 0 Å². The predicted molar refractivity (Wildman–Crippen MR) is 98.2 cm³/mol. The van der Waals surface area contributed by atoms with Gasteiger partial charge < -0.3 is 19.8 Å². The molecule has 0 saturated heterocycles. The zero-order valence-electron chi connectivity index (χ0n) is 15.0. The Morgan fingerprint density at radius 1 is 1.48 bits per heavy atom. The van der Waals surface area contributed by atoms with Crippen LogP contribution < -0.4 is 4.90 Å². The van der Waals surface area contributed by atoms with Crippen molar-refractivity contribution in [3.05, 3.63) is 40.1 Å². The van der Waals surface area contributed by atoms with Crippen molar-refractivity contribution in [1.82, 2.24) is 0 Å². The van der Waals surface area contributed by atoms with Gasteiger partial charge in [0.05, 0.1) is 22.4 Å². The first-order chi connectivity index (χ1) is 12.6. The molecule has 2 rings (SSSR count). The molecule has 0 amide bonds. The number of nitrogens with zero attached hydrogens (tertiary/aromatic N) is 1. The maximum Gasteiger partial charge on any atom is 0.346 e. The van der Waals surface area contributed by atoms with Crippen molar-refractivity contribution in [2.24, 2.45) is 0 Å². The first kappa shape index (κ1) is 20.7. The molecule has 3 N–H and O–H groups in total. The third kappa shape index (κ3) is 3.90. The van der Waals surface area contributed by atoms with E-state index >= 15 is 0 Å². The number of rotatable bonds is 5. The van der Waals surface area contributed by atoms with Crippen molar-refractivity contribution in [1.29, 1.82) is 5.41 Å². The minimum Gasteiger partial charge on any atom is -0.480 e. The maximum atomic E-state index is 13.8.